The third-order valence-corrected chi connectivity index (χ3v) is 2.04. The van der Waals surface area contributed by atoms with E-state index in [1.807, 2.05) is 6.08 Å². The molecule has 66 valence electrons. The van der Waals surface area contributed by atoms with Crippen molar-refractivity contribution in [3.05, 3.63) is 12.7 Å². The molecule has 0 heterocycles. The number of unbranched alkanes of at least 4 members (excludes halogenated alkanes) is 1. The van der Waals surface area contributed by atoms with Crippen LogP contribution in [0.3, 0.4) is 0 Å². The molecule has 0 rings (SSSR count). The normalized spacial score (nSPS) is 15.9. The summed E-state index contributed by atoms with van der Waals surface area (Å²) >= 11 is 0. The summed E-state index contributed by atoms with van der Waals surface area (Å²) in [4.78, 5) is 0. The Hall–Kier alpha value is -0.340. The molecule has 0 aromatic carbocycles. The van der Waals surface area contributed by atoms with Gasteiger partial charge in [0.15, 0.2) is 0 Å². The van der Waals surface area contributed by atoms with Gasteiger partial charge in [-0.1, -0.05) is 32.8 Å². The average Bonchev–Trinajstić information content (AvgIpc) is 2.05. The Bertz CT molecular complexity index is 104. The summed E-state index contributed by atoms with van der Waals surface area (Å²) in [5, 5.41) is 8.76. The van der Waals surface area contributed by atoms with Gasteiger partial charge in [-0.15, -0.1) is 6.58 Å². The fourth-order valence-electron chi connectivity index (χ4n) is 1.03. The van der Waals surface area contributed by atoms with E-state index < -0.39 is 0 Å². The molecule has 0 unspecified atom stereocenters. The van der Waals surface area contributed by atoms with E-state index in [0.29, 0.717) is 5.92 Å². The lowest BCUT2D eigenvalue weighted by atomic mass is 9.98. The van der Waals surface area contributed by atoms with Crippen LogP contribution >= 0.6 is 0 Å². The summed E-state index contributed by atoms with van der Waals surface area (Å²) in [5.41, 5.74) is 2.32. The van der Waals surface area contributed by atoms with Crippen molar-refractivity contribution < 1.29 is 5.21 Å². The van der Waals surface area contributed by atoms with Crippen molar-refractivity contribution >= 4 is 0 Å². The van der Waals surface area contributed by atoms with Gasteiger partial charge in [0.2, 0.25) is 0 Å². The zero-order valence-electron chi connectivity index (χ0n) is 7.51. The Morgan fingerprint density at radius 3 is 2.64 bits per heavy atom. The van der Waals surface area contributed by atoms with Gasteiger partial charge < -0.3 is 5.21 Å². The van der Waals surface area contributed by atoms with Crippen molar-refractivity contribution in [2.75, 3.05) is 0 Å². The summed E-state index contributed by atoms with van der Waals surface area (Å²) in [6.45, 7) is 7.88. The maximum absolute atomic E-state index is 8.76. The highest BCUT2D eigenvalue weighted by Crippen LogP contribution is 2.10. The largest absolute Gasteiger partial charge is 0.317 e. The number of rotatable bonds is 6. The zero-order valence-corrected chi connectivity index (χ0v) is 7.51. The van der Waals surface area contributed by atoms with E-state index in [-0.39, 0.29) is 6.04 Å². The predicted molar refractivity (Wildman–Crippen MR) is 47.6 cm³/mol. The minimum Gasteiger partial charge on any atom is -0.317 e. The van der Waals surface area contributed by atoms with E-state index in [1.165, 1.54) is 6.42 Å². The van der Waals surface area contributed by atoms with E-state index in [1.54, 1.807) is 0 Å². The lowest BCUT2D eigenvalue weighted by Gasteiger charge is -2.18. The van der Waals surface area contributed by atoms with Gasteiger partial charge in [-0.2, -0.15) is 0 Å². The van der Waals surface area contributed by atoms with Crippen LogP contribution < -0.4 is 5.48 Å². The first-order chi connectivity index (χ1) is 5.26. The maximum Gasteiger partial charge on any atom is 0.0379 e. The zero-order chi connectivity index (χ0) is 8.69. The molecule has 2 N–H and O–H groups in total. The van der Waals surface area contributed by atoms with Gasteiger partial charge in [0.25, 0.3) is 0 Å². The van der Waals surface area contributed by atoms with Crippen LogP contribution in [0.1, 0.15) is 33.1 Å². The minimum atomic E-state index is 0.174. The second kappa shape index (κ2) is 6.38. The fourth-order valence-corrected chi connectivity index (χ4v) is 1.03. The number of nitrogens with one attached hydrogen (secondary N) is 1. The molecule has 0 aliphatic carbocycles. The molecule has 0 amide bonds. The predicted octanol–water partition coefficient (Wildman–Crippen LogP) is 2.35. The van der Waals surface area contributed by atoms with Crippen LogP contribution in [-0.2, 0) is 0 Å². The van der Waals surface area contributed by atoms with Gasteiger partial charge in [0, 0.05) is 6.04 Å². The molecule has 0 aliphatic heterocycles. The van der Waals surface area contributed by atoms with Crippen molar-refractivity contribution in [2.45, 2.75) is 39.2 Å². The summed E-state index contributed by atoms with van der Waals surface area (Å²) in [6, 6.07) is 0.174. The highest BCUT2D eigenvalue weighted by atomic mass is 16.5. The van der Waals surface area contributed by atoms with Crippen molar-refractivity contribution in [3.63, 3.8) is 0 Å². The molecule has 0 aliphatic rings. The SMILES string of the molecule is C=C[C@@H](C)[C@@H](CCCC)NO. The van der Waals surface area contributed by atoms with Crippen LogP contribution in [0, 0.1) is 5.92 Å². The van der Waals surface area contributed by atoms with Crippen molar-refractivity contribution in [3.8, 4) is 0 Å². The molecule has 0 aromatic heterocycles. The van der Waals surface area contributed by atoms with Gasteiger partial charge in [0.1, 0.15) is 0 Å². The molecular formula is C9H19NO. The maximum atomic E-state index is 8.76. The van der Waals surface area contributed by atoms with Crippen LogP contribution in [0.4, 0.5) is 0 Å². The highest BCUT2D eigenvalue weighted by Gasteiger charge is 2.11. The summed E-state index contributed by atoms with van der Waals surface area (Å²) in [6.07, 6.45) is 5.20. The Morgan fingerprint density at radius 2 is 2.27 bits per heavy atom. The van der Waals surface area contributed by atoms with E-state index in [9.17, 15) is 0 Å². The Labute approximate surface area is 69.3 Å². The molecule has 0 radical (unpaired) electrons. The van der Waals surface area contributed by atoms with Crippen molar-refractivity contribution in [1.29, 1.82) is 0 Å². The monoisotopic (exact) mass is 157 g/mol. The van der Waals surface area contributed by atoms with Gasteiger partial charge in [-0.3, -0.25) is 0 Å². The van der Waals surface area contributed by atoms with E-state index in [2.05, 4.69) is 25.9 Å². The topological polar surface area (TPSA) is 32.3 Å². The smallest absolute Gasteiger partial charge is 0.0379 e. The fraction of sp³-hybridized carbons (Fsp3) is 0.778. The first kappa shape index (κ1) is 10.7. The minimum absolute atomic E-state index is 0.174. The van der Waals surface area contributed by atoms with Crippen molar-refractivity contribution in [1.82, 2.24) is 5.48 Å². The van der Waals surface area contributed by atoms with Gasteiger partial charge in [-0.05, 0) is 12.3 Å². The number of hydroxylamine groups is 1. The molecule has 0 bridgehead atoms. The van der Waals surface area contributed by atoms with Crippen LogP contribution in [-0.4, -0.2) is 11.2 Å². The third kappa shape index (κ3) is 4.17. The lowest BCUT2D eigenvalue weighted by molar-refractivity contribution is 0.104. The molecule has 0 saturated heterocycles. The van der Waals surface area contributed by atoms with E-state index in [0.717, 1.165) is 12.8 Å². The molecule has 0 aromatic rings. The molecule has 0 fully saturated rings. The van der Waals surface area contributed by atoms with Crippen LogP contribution in [0.25, 0.3) is 0 Å². The quantitative estimate of drug-likeness (QED) is 0.458. The Morgan fingerprint density at radius 1 is 1.64 bits per heavy atom. The molecule has 2 nitrogen and oxygen atoms in total. The summed E-state index contributed by atoms with van der Waals surface area (Å²) in [7, 11) is 0. The molecule has 11 heavy (non-hydrogen) atoms. The standard InChI is InChI=1S/C9H19NO/c1-4-6-7-9(10-11)8(3)5-2/h5,8-11H,2,4,6-7H2,1,3H3/t8-,9-/m1/s1. The van der Waals surface area contributed by atoms with Crippen LogP contribution in [0.2, 0.25) is 0 Å². The first-order valence-electron chi connectivity index (χ1n) is 4.28. The molecule has 0 spiro atoms. The summed E-state index contributed by atoms with van der Waals surface area (Å²) in [5.74, 6) is 0.339. The van der Waals surface area contributed by atoms with Crippen LogP contribution in [0.5, 0.6) is 0 Å². The number of hydrogen-bond donors (Lipinski definition) is 2. The molecule has 2 heteroatoms. The highest BCUT2D eigenvalue weighted by molar-refractivity contribution is 4.83. The average molecular weight is 157 g/mol. The van der Waals surface area contributed by atoms with Gasteiger partial charge in [-0.25, -0.2) is 5.48 Å². The molecular weight excluding hydrogens is 138 g/mol. The first-order valence-corrected chi connectivity index (χ1v) is 4.28. The Balaban J connectivity index is 3.64. The van der Waals surface area contributed by atoms with Gasteiger partial charge in [0.05, 0.1) is 0 Å². The second-order valence-electron chi connectivity index (χ2n) is 2.97. The van der Waals surface area contributed by atoms with E-state index in [4.69, 9.17) is 5.21 Å². The second-order valence-corrected chi connectivity index (χ2v) is 2.97. The van der Waals surface area contributed by atoms with Crippen LogP contribution in [0.15, 0.2) is 12.7 Å². The molecule has 2 atom stereocenters. The summed E-state index contributed by atoms with van der Waals surface area (Å²) < 4.78 is 0. The van der Waals surface area contributed by atoms with Gasteiger partial charge >= 0.3 is 0 Å². The van der Waals surface area contributed by atoms with Crippen molar-refractivity contribution in [2.24, 2.45) is 5.92 Å². The third-order valence-electron chi connectivity index (χ3n) is 2.04. The number of hydrogen-bond acceptors (Lipinski definition) is 2. The lowest BCUT2D eigenvalue weighted by Crippen LogP contribution is -2.31. The van der Waals surface area contributed by atoms with E-state index >= 15 is 0 Å². The Kier molecular flexibility index (Phi) is 6.18. The molecule has 0 saturated carbocycles.